The van der Waals surface area contributed by atoms with Gasteiger partial charge in [-0.1, -0.05) is 32.0 Å². The summed E-state index contributed by atoms with van der Waals surface area (Å²) in [5.74, 6) is 0.734. The first-order chi connectivity index (χ1) is 8.69. The minimum Gasteiger partial charge on any atom is -0.508 e. The molecule has 0 saturated carbocycles. The van der Waals surface area contributed by atoms with Crippen LogP contribution in [0.25, 0.3) is 0 Å². The molecule has 1 rings (SSSR count). The molecule has 0 aliphatic heterocycles. The van der Waals surface area contributed by atoms with Crippen LogP contribution >= 0.6 is 0 Å². The van der Waals surface area contributed by atoms with Crippen molar-refractivity contribution in [3.05, 3.63) is 29.8 Å². The van der Waals surface area contributed by atoms with Gasteiger partial charge >= 0.3 is 0 Å². The maximum atomic E-state index is 9.82. The highest BCUT2D eigenvalue weighted by molar-refractivity contribution is 5.34. The molecule has 3 N–H and O–H groups in total. The van der Waals surface area contributed by atoms with Crippen LogP contribution in [0.3, 0.4) is 0 Å². The number of aliphatic hydroxyl groups excluding tert-OH is 1. The number of hydrogen-bond acceptors (Lipinski definition) is 3. The van der Waals surface area contributed by atoms with Gasteiger partial charge in [-0.05, 0) is 37.8 Å². The van der Waals surface area contributed by atoms with Gasteiger partial charge in [0.15, 0.2) is 0 Å². The molecule has 0 aromatic heterocycles. The second-order valence-electron chi connectivity index (χ2n) is 4.90. The zero-order chi connectivity index (χ0) is 13.4. The van der Waals surface area contributed by atoms with E-state index in [0.29, 0.717) is 11.7 Å². The Morgan fingerprint density at radius 2 is 2.00 bits per heavy atom. The van der Waals surface area contributed by atoms with Gasteiger partial charge < -0.3 is 15.5 Å². The topological polar surface area (TPSA) is 52.5 Å². The average Bonchev–Trinajstić information content (AvgIpc) is 2.40. The summed E-state index contributed by atoms with van der Waals surface area (Å²) in [7, 11) is 0. The molecule has 1 aromatic rings. The first-order valence-corrected chi connectivity index (χ1v) is 6.81. The van der Waals surface area contributed by atoms with Gasteiger partial charge in [0, 0.05) is 18.2 Å². The predicted octanol–water partition coefficient (Wildman–Crippen LogP) is 2.84. The highest BCUT2D eigenvalue weighted by Gasteiger charge is 2.12. The summed E-state index contributed by atoms with van der Waals surface area (Å²) in [4.78, 5) is 0. The van der Waals surface area contributed by atoms with Gasteiger partial charge in [-0.2, -0.15) is 0 Å². The van der Waals surface area contributed by atoms with E-state index >= 15 is 0 Å². The second kappa shape index (κ2) is 8.11. The number of para-hydroxylation sites is 1. The van der Waals surface area contributed by atoms with Crippen LogP contribution in [0.5, 0.6) is 5.75 Å². The fourth-order valence-electron chi connectivity index (χ4n) is 2.07. The second-order valence-corrected chi connectivity index (χ2v) is 4.90. The fourth-order valence-corrected chi connectivity index (χ4v) is 2.07. The highest BCUT2D eigenvalue weighted by atomic mass is 16.3. The van der Waals surface area contributed by atoms with Crippen molar-refractivity contribution in [2.75, 3.05) is 13.2 Å². The number of aromatic hydroxyl groups is 1. The zero-order valence-corrected chi connectivity index (χ0v) is 11.4. The molecule has 2 unspecified atom stereocenters. The van der Waals surface area contributed by atoms with Crippen molar-refractivity contribution in [2.24, 2.45) is 5.92 Å². The standard InChI is InChI=1S/C15H25NO2/c1-3-14(13-8-4-5-9-15(13)18)16-10-6-7-12(2)11-17/h4-5,8-9,12,14,16-18H,3,6-7,10-11H2,1-2H3. The van der Waals surface area contributed by atoms with Gasteiger partial charge in [-0.3, -0.25) is 0 Å². The summed E-state index contributed by atoms with van der Waals surface area (Å²) in [6.07, 6.45) is 3.03. The van der Waals surface area contributed by atoms with Crippen LogP contribution in [-0.2, 0) is 0 Å². The minimum absolute atomic E-state index is 0.204. The zero-order valence-electron chi connectivity index (χ0n) is 11.4. The fraction of sp³-hybridized carbons (Fsp3) is 0.600. The van der Waals surface area contributed by atoms with Gasteiger partial charge in [0.25, 0.3) is 0 Å². The Balaban J connectivity index is 2.41. The first-order valence-electron chi connectivity index (χ1n) is 6.81. The third kappa shape index (κ3) is 4.67. The Labute approximate surface area is 110 Å². The van der Waals surface area contributed by atoms with Crippen molar-refractivity contribution in [3.8, 4) is 5.75 Å². The van der Waals surface area contributed by atoms with Gasteiger partial charge in [0.2, 0.25) is 0 Å². The van der Waals surface area contributed by atoms with Crippen molar-refractivity contribution in [2.45, 2.75) is 39.2 Å². The third-order valence-electron chi connectivity index (χ3n) is 3.30. The summed E-state index contributed by atoms with van der Waals surface area (Å²) < 4.78 is 0. The van der Waals surface area contributed by atoms with Crippen LogP contribution in [0.15, 0.2) is 24.3 Å². The van der Waals surface area contributed by atoms with Crippen LogP contribution in [-0.4, -0.2) is 23.4 Å². The maximum absolute atomic E-state index is 9.82. The molecule has 0 saturated heterocycles. The Kier molecular flexibility index (Phi) is 6.76. The molecule has 0 aliphatic carbocycles. The molecule has 0 amide bonds. The van der Waals surface area contributed by atoms with Crippen molar-refractivity contribution in [3.63, 3.8) is 0 Å². The number of benzene rings is 1. The predicted molar refractivity (Wildman–Crippen MR) is 74.6 cm³/mol. The molecule has 2 atom stereocenters. The molecular formula is C15H25NO2. The van der Waals surface area contributed by atoms with E-state index < -0.39 is 0 Å². The van der Waals surface area contributed by atoms with E-state index in [1.807, 2.05) is 18.2 Å². The molecule has 0 fully saturated rings. The largest absolute Gasteiger partial charge is 0.508 e. The highest BCUT2D eigenvalue weighted by Crippen LogP contribution is 2.25. The Hall–Kier alpha value is -1.06. The molecule has 1 aromatic carbocycles. The van der Waals surface area contributed by atoms with Gasteiger partial charge in [-0.15, -0.1) is 0 Å². The molecule has 0 heterocycles. The normalized spacial score (nSPS) is 14.4. The number of phenolic OH excluding ortho intramolecular Hbond substituents is 1. The smallest absolute Gasteiger partial charge is 0.120 e. The van der Waals surface area contributed by atoms with Crippen LogP contribution < -0.4 is 5.32 Å². The lowest BCUT2D eigenvalue weighted by molar-refractivity contribution is 0.227. The van der Waals surface area contributed by atoms with E-state index in [4.69, 9.17) is 5.11 Å². The number of phenols is 1. The van der Waals surface area contributed by atoms with E-state index in [1.54, 1.807) is 6.07 Å². The molecule has 18 heavy (non-hydrogen) atoms. The molecule has 3 heteroatoms. The van der Waals surface area contributed by atoms with Crippen LogP contribution in [0.2, 0.25) is 0 Å². The van der Waals surface area contributed by atoms with E-state index in [1.165, 1.54) is 0 Å². The lowest BCUT2D eigenvalue weighted by Gasteiger charge is -2.19. The molecule has 0 aliphatic rings. The molecule has 0 radical (unpaired) electrons. The summed E-state index contributed by atoms with van der Waals surface area (Å²) >= 11 is 0. The van der Waals surface area contributed by atoms with Gasteiger partial charge in [0.1, 0.15) is 5.75 Å². The lowest BCUT2D eigenvalue weighted by Crippen LogP contribution is -2.22. The van der Waals surface area contributed by atoms with Crippen LogP contribution in [0.4, 0.5) is 0 Å². The Bertz CT molecular complexity index is 341. The Morgan fingerprint density at radius 3 is 2.61 bits per heavy atom. The Morgan fingerprint density at radius 1 is 1.28 bits per heavy atom. The van der Waals surface area contributed by atoms with E-state index in [2.05, 4.69) is 19.2 Å². The summed E-state index contributed by atoms with van der Waals surface area (Å²) in [5.41, 5.74) is 0.968. The van der Waals surface area contributed by atoms with E-state index in [9.17, 15) is 5.11 Å². The van der Waals surface area contributed by atoms with E-state index in [-0.39, 0.29) is 12.6 Å². The third-order valence-corrected chi connectivity index (χ3v) is 3.30. The lowest BCUT2D eigenvalue weighted by atomic mass is 10.0. The van der Waals surface area contributed by atoms with Gasteiger partial charge in [0.05, 0.1) is 0 Å². The quantitative estimate of drug-likeness (QED) is 0.623. The molecule has 102 valence electrons. The molecule has 3 nitrogen and oxygen atoms in total. The SMILES string of the molecule is CCC(NCCCC(C)CO)c1ccccc1O. The molecule has 0 spiro atoms. The summed E-state index contributed by atoms with van der Waals surface area (Å²) in [6, 6.07) is 7.69. The van der Waals surface area contributed by atoms with Crippen LogP contribution in [0.1, 0.15) is 44.7 Å². The molecule has 0 bridgehead atoms. The van der Waals surface area contributed by atoms with Crippen molar-refractivity contribution in [1.82, 2.24) is 5.32 Å². The number of hydrogen-bond donors (Lipinski definition) is 3. The number of rotatable bonds is 8. The minimum atomic E-state index is 0.204. The first kappa shape index (κ1) is 15.0. The van der Waals surface area contributed by atoms with Crippen molar-refractivity contribution in [1.29, 1.82) is 0 Å². The van der Waals surface area contributed by atoms with Crippen molar-refractivity contribution < 1.29 is 10.2 Å². The number of aliphatic hydroxyl groups is 1. The summed E-state index contributed by atoms with van der Waals surface area (Å²) in [6.45, 7) is 5.34. The van der Waals surface area contributed by atoms with E-state index in [0.717, 1.165) is 31.4 Å². The van der Waals surface area contributed by atoms with Crippen LogP contribution in [0, 0.1) is 5.92 Å². The number of nitrogens with one attached hydrogen (secondary N) is 1. The van der Waals surface area contributed by atoms with Crippen molar-refractivity contribution >= 4 is 0 Å². The van der Waals surface area contributed by atoms with Gasteiger partial charge in [-0.25, -0.2) is 0 Å². The monoisotopic (exact) mass is 251 g/mol. The summed E-state index contributed by atoms with van der Waals surface area (Å²) in [5, 5.41) is 22.2. The molecular weight excluding hydrogens is 226 g/mol. The average molecular weight is 251 g/mol. The maximum Gasteiger partial charge on any atom is 0.120 e.